The first-order chi connectivity index (χ1) is 29.3. The van der Waals surface area contributed by atoms with Crippen LogP contribution in [0.15, 0.2) is 224 Å². The summed E-state index contributed by atoms with van der Waals surface area (Å²) in [6.45, 7) is 0. The number of para-hydroxylation sites is 1. The minimum absolute atomic E-state index is 0.650. The number of benzene rings is 10. The lowest BCUT2D eigenvalue weighted by molar-refractivity contribution is 0.447. The first kappa shape index (κ1) is 33.5. The van der Waals surface area contributed by atoms with Crippen LogP contribution < -0.4 is 9.64 Å². The minimum atomic E-state index is -0.650. The molecule has 59 heavy (non-hydrogen) atoms. The summed E-state index contributed by atoms with van der Waals surface area (Å²) in [4.78, 5) is 2.47. The molecular formula is C57H37NO. The van der Waals surface area contributed by atoms with Crippen molar-refractivity contribution in [2.24, 2.45) is 0 Å². The van der Waals surface area contributed by atoms with Gasteiger partial charge < -0.3 is 9.64 Å². The third kappa shape index (κ3) is 5.00. The van der Waals surface area contributed by atoms with Gasteiger partial charge in [0.05, 0.1) is 11.1 Å². The average Bonchev–Trinajstić information content (AvgIpc) is 3.61. The van der Waals surface area contributed by atoms with E-state index in [4.69, 9.17) is 4.74 Å². The maximum absolute atomic E-state index is 7.24. The van der Waals surface area contributed by atoms with Crippen molar-refractivity contribution in [1.82, 2.24) is 0 Å². The average molecular weight is 752 g/mol. The Morgan fingerprint density at radius 2 is 0.847 bits per heavy atom. The van der Waals surface area contributed by atoms with Gasteiger partial charge in [0.2, 0.25) is 0 Å². The monoisotopic (exact) mass is 751 g/mol. The summed E-state index contributed by atoms with van der Waals surface area (Å²) >= 11 is 0. The van der Waals surface area contributed by atoms with Gasteiger partial charge >= 0.3 is 0 Å². The van der Waals surface area contributed by atoms with Crippen LogP contribution in [0.25, 0.3) is 54.9 Å². The SMILES string of the molecule is c1ccc(-c2cc(-c3ccccc3)cc(N(c3ccccc3)c3cccc4c3-c3ccccc3C43c4ccc5ccccc5c4Oc4c3ccc3ccccc43)c2)cc1. The first-order valence-electron chi connectivity index (χ1n) is 20.3. The lowest BCUT2D eigenvalue weighted by atomic mass is 9.65. The van der Waals surface area contributed by atoms with E-state index < -0.39 is 5.41 Å². The molecule has 1 heterocycles. The molecule has 10 aromatic carbocycles. The molecule has 0 N–H and O–H groups in total. The molecule has 2 aliphatic rings. The fourth-order valence-electron chi connectivity index (χ4n) is 9.96. The molecule has 1 aliphatic carbocycles. The first-order valence-corrected chi connectivity index (χ1v) is 20.3. The molecule has 0 unspecified atom stereocenters. The fourth-order valence-corrected chi connectivity index (χ4v) is 9.96. The standard InChI is InChI=1S/C57H37NO/c1-4-17-38(18-5-1)42-35-43(39-19-6-2-7-20-39)37-45(36-42)58(44-23-8-3-9-24-44)53-30-16-29-50-54(53)48-27-14-15-28-49(48)57(50)51-33-31-40-21-10-12-25-46(40)55(51)59-56-47-26-13-11-22-41(47)32-34-52(56)57/h1-37H. The van der Waals surface area contributed by atoms with Gasteiger partial charge in [-0.25, -0.2) is 0 Å². The Hall–Kier alpha value is -7.68. The molecule has 0 radical (unpaired) electrons. The summed E-state index contributed by atoms with van der Waals surface area (Å²) in [5, 5.41) is 4.55. The van der Waals surface area contributed by atoms with Gasteiger partial charge in [0, 0.05) is 38.8 Å². The topological polar surface area (TPSA) is 12.5 Å². The minimum Gasteiger partial charge on any atom is -0.455 e. The summed E-state index contributed by atoms with van der Waals surface area (Å²) in [5.74, 6) is 1.84. The highest BCUT2D eigenvalue weighted by Gasteiger charge is 2.52. The van der Waals surface area contributed by atoms with Gasteiger partial charge in [0.25, 0.3) is 0 Å². The molecule has 1 aliphatic heterocycles. The van der Waals surface area contributed by atoms with E-state index >= 15 is 0 Å². The van der Waals surface area contributed by atoms with Crippen LogP contribution in [0, 0.1) is 0 Å². The van der Waals surface area contributed by atoms with E-state index in [-0.39, 0.29) is 0 Å². The van der Waals surface area contributed by atoms with Crippen molar-refractivity contribution in [3.05, 3.63) is 247 Å². The quantitative estimate of drug-likeness (QED) is 0.174. The molecule has 0 fully saturated rings. The lowest BCUT2D eigenvalue weighted by Crippen LogP contribution is -2.32. The second-order valence-corrected chi connectivity index (χ2v) is 15.6. The third-order valence-electron chi connectivity index (χ3n) is 12.5. The Morgan fingerprint density at radius 3 is 1.46 bits per heavy atom. The van der Waals surface area contributed by atoms with Gasteiger partial charge in [-0.3, -0.25) is 0 Å². The lowest BCUT2D eigenvalue weighted by Gasteiger charge is -2.40. The van der Waals surface area contributed by atoms with Gasteiger partial charge in [0.1, 0.15) is 11.5 Å². The maximum Gasteiger partial charge on any atom is 0.140 e. The zero-order valence-electron chi connectivity index (χ0n) is 32.2. The van der Waals surface area contributed by atoms with E-state index in [2.05, 4.69) is 229 Å². The number of hydrogen-bond donors (Lipinski definition) is 0. The third-order valence-corrected chi connectivity index (χ3v) is 12.5. The van der Waals surface area contributed by atoms with Crippen molar-refractivity contribution in [2.75, 3.05) is 4.90 Å². The van der Waals surface area contributed by atoms with Crippen LogP contribution in [-0.2, 0) is 5.41 Å². The van der Waals surface area contributed by atoms with Gasteiger partial charge in [0.15, 0.2) is 0 Å². The Morgan fingerprint density at radius 1 is 0.339 bits per heavy atom. The highest BCUT2D eigenvalue weighted by molar-refractivity contribution is 6.03. The largest absolute Gasteiger partial charge is 0.455 e. The van der Waals surface area contributed by atoms with Gasteiger partial charge in [-0.1, -0.05) is 188 Å². The Bertz CT molecular complexity index is 3100. The molecule has 0 amide bonds. The van der Waals surface area contributed by atoms with E-state index in [0.29, 0.717) is 0 Å². The molecule has 0 atom stereocenters. The number of rotatable bonds is 5. The molecule has 2 heteroatoms. The predicted octanol–water partition coefficient (Wildman–Crippen LogP) is 15.3. The Labute approximate surface area is 343 Å². The Balaban J connectivity index is 1.19. The summed E-state index contributed by atoms with van der Waals surface area (Å²) in [7, 11) is 0. The second-order valence-electron chi connectivity index (χ2n) is 15.6. The van der Waals surface area contributed by atoms with Crippen molar-refractivity contribution in [1.29, 1.82) is 0 Å². The normalized spacial score (nSPS) is 13.0. The van der Waals surface area contributed by atoms with Gasteiger partial charge in [-0.05, 0) is 86.1 Å². The molecule has 1 spiro atoms. The van der Waals surface area contributed by atoms with Crippen molar-refractivity contribution in [3.63, 3.8) is 0 Å². The smallest absolute Gasteiger partial charge is 0.140 e. The van der Waals surface area contributed by atoms with E-state index in [1.165, 1.54) is 44.5 Å². The number of anilines is 3. The van der Waals surface area contributed by atoms with Crippen LogP contribution in [0.5, 0.6) is 11.5 Å². The molecule has 276 valence electrons. The number of hydrogen-bond acceptors (Lipinski definition) is 2. The van der Waals surface area contributed by atoms with Crippen LogP contribution in [-0.4, -0.2) is 0 Å². The zero-order valence-corrected chi connectivity index (χ0v) is 32.2. The highest BCUT2D eigenvalue weighted by atomic mass is 16.5. The summed E-state index contributed by atoms with van der Waals surface area (Å²) < 4.78 is 7.24. The van der Waals surface area contributed by atoms with Crippen molar-refractivity contribution >= 4 is 38.6 Å². The predicted molar refractivity (Wildman–Crippen MR) is 244 cm³/mol. The van der Waals surface area contributed by atoms with Crippen molar-refractivity contribution < 1.29 is 4.74 Å². The number of fused-ring (bicyclic) bond motifs is 13. The molecular weight excluding hydrogens is 715 g/mol. The van der Waals surface area contributed by atoms with E-state index in [9.17, 15) is 0 Å². The maximum atomic E-state index is 7.24. The van der Waals surface area contributed by atoms with E-state index in [1.54, 1.807) is 0 Å². The molecule has 0 saturated carbocycles. The molecule has 0 bridgehead atoms. The second kappa shape index (κ2) is 13.2. The summed E-state index contributed by atoms with van der Waals surface area (Å²) in [5.41, 5.74) is 14.6. The fraction of sp³-hybridized carbons (Fsp3) is 0.0175. The van der Waals surface area contributed by atoms with Crippen LogP contribution in [0.4, 0.5) is 17.1 Å². The summed E-state index contributed by atoms with van der Waals surface area (Å²) in [6, 6.07) is 81.7. The molecule has 2 nitrogen and oxygen atoms in total. The highest BCUT2D eigenvalue weighted by Crippen LogP contribution is 2.65. The Kier molecular flexibility index (Phi) is 7.48. The van der Waals surface area contributed by atoms with Crippen LogP contribution >= 0.6 is 0 Å². The summed E-state index contributed by atoms with van der Waals surface area (Å²) in [6.07, 6.45) is 0. The number of nitrogens with zero attached hydrogens (tertiary/aromatic N) is 1. The van der Waals surface area contributed by atoms with Crippen LogP contribution in [0.3, 0.4) is 0 Å². The van der Waals surface area contributed by atoms with Gasteiger partial charge in [-0.15, -0.1) is 0 Å². The van der Waals surface area contributed by atoms with Crippen molar-refractivity contribution in [3.8, 4) is 44.9 Å². The van der Waals surface area contributed by atoms with E-state index in [0.717, 1.165) is 61.2 Å². The number of ether oxygens (including phenoxy) is 1. The molecule has 0 aromatic heterocycles. The van der Waals surface area contributed by atoms with E-state index in [1.807, 2.05) is 0 Å². The molecule has 12 rings (SSSR count). The van der Waals surface area contributed by atoms with Gasteiger partial charge in [-0.2, -0.15) is 0 Å². The van der Waals surface area contributed by atoms with Crippen LogP contribution in [0.1, 0.15) is 22.3 Å². The van der Waals surface area contributed by atoms with Crippen LogP contribution in [0.2, 0.25) is 0 Å². The molecule has 10 aromatic rings. The van der Waals surface area contributed by atoms with Crippen molar-refractivity contribution in [2.45, 2.75) is 5.41 Å². The zero-order chi connectivity index (χ0) is 38.9. The molecule has 0 saturated heterocycles.